The molecule has 0 spiro atoms. The normalized spacial score (nSPS) is 12.6. The lowest BCUT2D eigenvalue weighted by Gasteiger charge is -2.15. The third-order valence-corrected chi connectivity index (χ3v) is 16.5. The smallest absolute Gasteiger partial charge is 0.306 e. The van der Waals surface area contributed by atoms with E-state index in [0.717, 1.165) is 70.6 Å². The van der Waals surface area contributed by atoms with Gasteiger partial charge in [-0.1, -0.05) is 363 Å². The number of rotatable bonds is 68. The first kappa shape index (κ1) is 79.3. The Balaban J connectivity index is 3.39. The summed E-state index contributed by atoms with van der Waals surface area (Å²) in [6.07, 6.45) is 101. The third kappa shape index (κ3) is 69.8. The van der Waals surface area contributed by atoms with Gasteiger partial charge in [0.25, 0.3) is 0 Å². The molecule has 0 amide bonds. The summed E-state index contributed by atoms with van der Waals surface area (Å²) in [7, 11) is 0. The van der Waals surface area contributed by atoms with Crippen molar-refractivity contribution in [1.29, 1.82) is 0 Å². The molecule has 1 N–H and O–H groups in total. The maximum Gasteiger partial charge on any atom is 0.306 e. The fraction of sp³-hybridized carbons (Fsp3) is 0.818. The van der Waals surface area contributed by atoms with Gasteiger partial charge in [-0.25, -0.2) is 0 Å². The molecule has 82 heavy (non-hydrogen) atoms. The standard InChI is InChI=1S/C77H140O5/c1-3-5-7-9-11-13-15-17-19-21-23-25-27-29-31-33-35-37-38-40-41-43-45-47-49-51-53-55-57-59-61-63-65-67-69-71-76(79)81-74-75(73-78)82-77(80)72-70-68-66-64-62-60-58-56-54-52-50-48-46-44-42-39-36-34-32-30-28-26-24-22-20-18-16-14-12-10-8-6-4-2/h6,8,12,14-15,17-18,20-21,23-24,26,75,78H,3-5,7,9-11,13,16,19,22,25,27-74H2,1-2H3/b8-6-,14-12-,17-15-,20-18-,23-21-,26-24-. The molecule has 0 fully saturated rings. The van der Waals surface area contributed by atoms with Gasteiger partial charge < -0.3 is 14.6 Å². The Hall–Kier alpha value is -2.66. The summed E-state index contributed by atoms with van der Waals surface area (Å²) >= 11 is 0. The largest absolute Gasteiger partial charge is 0.462 e. The van der Waals surface area contributed by atoms with E-state index in [-0.39, 0.29) is 25.2 Å². The van der Waals surface area contributed by atoms with E-state index >= 15 is 0 Å². The Labute approximate surface area is 512 Å². The molecular weight excluding hydrogens is 1000 g/mol. The minimum Gasteiger partial charge on any atom is -0.462 e. The molecule has 0 saturated carbocycles. The quantitative estimate of drug-likeness (QED) is 0.0373. The van der Waals surface area contributed by atoms with Crippen molar-refractivity contribution in [3.05, 3.63) is 72.9 Å². The molecule has 1 unspecified atom stereocenters. The number of ether oxygens (including phenoxy) is 2. The molecule has 5 heteroatoms. The zero-order valence-electron chi connectivity index (χ0n) is 55.0. The van der Waals surface area contributed by atoms with Gasteiger partial charge in [0.2, 0.25) is 0 Å². The van der Waals surface area contributed by atoms with E-state index in [0.29, 0.717) is 12.8 Å². The number of hydrogen-bond acceptors (Lipinski definition) is 5. The van der Waals surface area contributed by atoms with Gasteiger partial charge >= 0.3 is 11.9 Å². The molecule has 0 saturated heterocycles. The zero-order valence-corrected chi connectivity index (χ0v) is 55.0. The Bertz CT molecular complexity index is 1440. The summed E-state index contributed by atoms with van der Waals surface area (Å²) in [6.45, 7) is 4.07. The Morgan fingerprint density at radius 2 is 0.524 bits per heavy atom. The van der Waals surface area contributed by atoms with E-state index in [4.69, 9.17) is 9.47 Å². The van der Waals surface area contributed by atoms with E-state index in [1.807, 2.05) is 0 Å². The minimum absolute atomic E-state index is 0.0613. The van der Waals surface area contributed by atoms with Crippen LogP contribution in [0, 0.1) is 0 Å². The first-order valence-corrected chi connectivity index (χ1v) is 36.5. The Morgan fingerprint density at radius 3 is 0.793 bits per heavy atom. The van der Waals surface area contributed by atoms with Crippen LogP contribution in [0.1, 0.15) is 386 Å². The lowest BCUT2D eigenvalue weighted by molar-refractivity contribution is -0.161. The van der Waals surface area contributed by atoms with Gasteiger partial charge in [0.15, 0.2) is 6.10 Å². The highest BCUT2D eigenvalue weighted by atomic mass is 16.6. The highest BCUT2D eigenvalue weighted by Gasteiger charge is 2.16. The first-order valence-electron chi connectivity index (χ1n) is 36.5. The Kier molecular flexibility index (Phi) is 70.2. The summed E-state index contributed by atoms with van der Waals surface area (Å²) in [5.41, 5.74) is 0. The van der Waals surface area contributed by atoms with Crippen molar-refractivity contribution in [3.63, 3.8) is 0 Å². The second kappa shape index (κ2) is 72.6. The van der Waals surface area contributed by atoms with Crippen molar-refractivity contribution in [2.75, 3.05) is 13.2 Å². The molecule has 0 aliphatic carbocycles. The van der Waals surface area contributed by atoms with Crippen molar-refractivity contribution in [1.82, 2.24) is 0 Å². The maximum atomic E-state index is 12.4. The van der Waals surface area contributed by atoms with Crippen LogP contribution < -0.4 is 0 Å². The van der Waals surface area contributed by atoms with Gasteiger partial charge in [-0.05, 0) is 83.5 Å². The first-order chi connectivity index (χ1) is 40.6. The molecule has 0 rings (SSSR count). The maximum absolute atomic E-state index is 12.4. The fourth-order valence-electron chi connectivity index (χ4n) is 11.1. The lowest BCUT2D eigenvalue weighted by atomic mass is 10.0. The molecule has 0 aliphatic heterocycles. The van der Waals surface area contributed by atoms with Crippen LogP contribution in [0.15, 0.2) is 72.9 Å². The van der Waals surface area contributed by atoms with Gasteiger partial charge in [-0.2, -0.15) is 0 Å². The van der Waals surface area contributed by atoms with Crippen LogP contribution in [-0.2, 0) is 19.1 Å². The Morgan fingerprint density at radius 1 is 0.293 bits per heavy atom. The summed E-state index contributed by atoms with van der Waals surface area (Å²) in [5, 5.41) is 9.71. The SMILES string of the molecule is CC/C=C\C/C=C\C/C=C\C/C=C\CCCCCCCCCCCCCCCCCCCCCCC(=O)OC(CO)COC(=O)CCCCCCCCCCCCCCCCCCCCCCCCC/C=C\C/C=C\CCCCCCC. The van der Waals surface area contributed by atoms with E-state index in [9.17, 15) is 14.7 Å². The average molecular weight is 1150 g/mol. The van der Waals surface area contributed by atoms with Crippen LogP contribution in [0.25, 0.3) is 0 Å². The zero-order chi connectivity index (χ0) is 59.1. The number of carbonyl (C=O) groups excluding carboxylic acids is 2. The second-order valence-electron chi connectivity index (χ2n) is 24.6. The fourth-order valence-corrected chi connectivity index (χ4v) is 11.1. The second-order valence-corrected chi connectivity index (χ2v) is 24.6. The molecule has 1 atom stereocenters. The predicted molar refractivity (Wildman–Crippen MR) is 362 cm³/mol. The van der Waals surface area contributed by atoms with Crippen LogP contribution in [-0.4, -0.2) is 36.4 Å². The predicted octanol–water partition coefficient (Wildman–Crippen LogP) is 25.4. The topological polar surface area (TPSA) is 72.8 Å². The van der Waals surface area contributed by atoms with Gasteiger partial charge in [0, 0.05) is 12.8 Å². The molecule has 0 radical (unpaired) electrons. The third-order valence-electron chi connectivity index (χ3n) is 16.5. The molecule has 0 aromatic carbocycles. The van der Waals surface area contributed by atoms with Crippen molar-refractivity contribution < 1.29 is 24.2 Å². The average Bonchev–Trinajstić information content (AvgIpc) is 3.49. The molecule has 0 aliphatic rings. The number of aliphatic hydroxyl groups excluding tert-OH is 1. The van der Waals surface area contributed by atoms with Crippen LogP contribution in [0.5, 0.6) is 0 Å². The molecule has 478 valence electrons. The molecule has 5 nitrogen and oxygen atoms in total. The summed E-state index contributed by atoms with van der Waals surface area (Å²) in [5.74, 6) is -0.569. The van der Waals surface area contributed by atoms with Gasteiger partial charge in [-0.15, -0.1) is 0 Å². The van der Waals surface area contributed by atoms with E-state index in [1.54, 1.807) is 0 Å². The van der Waals surface area contributed by atoms with Crippen molar-refractivity contribution in [2.24, 2.45) is 0 Å². The van der Waals surface area contributed by atoms with Gasteiger partial charge in [0.1, 0.15) is 6.61 Å². The molecule has 0 heterocycles. The minimum atomic E-state index is -0.772. The van der Waals surface area contributed by atoms with Crippen LogP contribution in [0.2, 0.25) is 0 Å². The summed E-state index contributed by atoms with van der Waals surface area (Å²) in [6, 6.07) is 0. The number of esters is 2. The number of allylic oxidation sites excluding steroid dienone is 12. The molecule has 0 aromatic rings. The molecular formula is C77H140O5. The summed E-state index contributed by atoms with van der Waals surface area (Å²) in [4.78, 5) is 24.7. The molecule has 0 aromatic heterocycles. The highest BCUT2D eigenvalue weighted by molar-refractivity contribution is 5.70. The number of aliphatic hydroxyl groups is 1. The number of hydrogen-bond donors (Lipinski definition) is 1. The van der Waals surface area contributed by atoms with Crippen molar-refractivity contribution >= 4 is 11.9 Å². The van der Waals surface area contributed by atoms with E-state index in [1.165, 1.54) is 289 Å². The van der Waals surface area contributed by atoms with E-state index < -0.39 is 6.10 Å². The summed E-state index contributed by atoms with van der Waals surface area (Å²) < 4.78 is 10.8. The van der Waals surface area contributed by atoms with Crippen LogP contribution >= 0.6 is 0 Å². The van der Waals surface area contributed by atoms with E-state index in [2.05, 4.69) is 86.8 Å². The monoisotopic (exact) mass is 1150 g/mol. The number of unbranched alkanes of at least 4 members (excludes halogenated alkanes) is 48. The van der Waals surface area contributed by atoms with Gasteiger partial charge in [-0.3, -0.25) is 9.59 Å². The van der Waals surface area contributed by atoms with Crippen molar-refractivity contribution in [3.8, 4) is 0 Å². The highest BCUT2D eigenvalue weighted by Crippen LogP contribution is 2.19. The van der Waals surface area contributed by atoms with Gasteiger partial charge in [0.05, 0.1) is 6.61 Å². The van der Waals surface area contributed by atoms with Crippen molar-refractivity contribution in [2.45, 2.75) is 392 Å². The van der Waals surface area contributed by atoms with Crippen LogP contribution in [0.3, 0.4) is 0 Å². The lowest BCUT2D eigenvalue weighted by Crippen LogP contribution is -2.28. The molecule has 0 bridgehead atoms. The number of carbonyl (C=O) groups is 2. The van der Waals surface area contributed by atoms with Crippen LogP contribution in [0.4, 0.5) is 0 Å².